The summed E-state index contributed by atoms with van der Waals surface area (Å²) in [5.74, 6) is 0.707. The molecule has 226 valence electrons. The Hall–Kier alpha value is -2.12. The van der Waals surface area contributed by atoms with Gasteiger partial charge < -0.3 is 18.9 Å². The van der Waals surface area contributed by atoms with Crippen LogP contribution in [0.25, 0.3) is 0 Å². The van der Waals surface area contributed by atoms with Crippen LogP contribution >= 0.6 is 0 Å². The summed E-state index contributed by atoms with van der Waals surface area (Å²) in [6, 6.07) is 0. The van der Waals surface area contributed by atoms with Gasteiger partial charge in [0.2, 0.25) is 0 Å². The summed E-state index contributed by atoms with van der Waals surface area (Å²) in [6.07, 6.45) is 7.68. The number of hydrogen-bond donors (Lipinski definition) is 0. The monoisotopic (exact) mass is 562 g/mol. The molecule has 0 aromatic heterocycles. The van der Waals surface area contributed by atoms with Crippen LogP contribution in [-0.4, -0.2) is 49.3 Å². The molecule has 5 unspecified atom stereocenters. The highest BCUT2D eigenvalue weighted by Crippen LogP contribution is 2.69. The zero-order chi connectivity index (χ0) is 29.4. The standard InChI is InChI=1S/C32H50O8/c1-18(9-8-10-29(36)37-7)24-11-12-25-30-26(17-28(32(24,25)6)40-21(4)35)31(5)14-13-23(38-19(2)33)15-22(31)16-27(30)39-20(3)34/h18,22-28,30H,8-17H2,1-7H3/t18-,22?,23-,24?,25?,26?,27-,28+,30?,31+,32-/m1/s1. The second kappa shape index (κ2) is 12.0. The van der Waals surface area contributed by atoms with Gasteiger partial charge in [0.05, 0.1) is 7.11 Å². The largest absolute Gasteiger partial charge is 0.469 e. The molecule has 40 heavy (non-hydrogen) atoms. The molecule has 4 saturated carbocycles. The van der Waals surface area contributed by atoms with Crippen LogP contribution in [-0.2, 0) is 38.1 Å². The van der Waals surface area contributed by atoms with Crippen molar-refractivity contribution in [2.45, 2.75) is 124 Å². The molecule has 0 saturated heterocycles. The van der Waals surface area contributed by atoms with E-state index in [1.54, 1.807) is 0 Å². The second-order valence-corrected chi connectivity index (χ2v) is 13.7. The summed E-state index contributed by atoms with van der Waals surface area (Å²) < 4.78 is 22.8. The van der Waals surface area contributed by atoms with E-state index < -0.39 is 0 Å². The van der Waals surface area contributed by atoms with Crippen molar-refractivity contribution in [2.24, 2.45) is 46.3 Å². The predicted molar refractivity (Wildman–Crippen MR) is 148 cm³/mol. The molecule has 0 aromatic rings. The third-order valence-corrected chi connectivity index (χ3v) is 11.7. The lowest BCUT2D eigenvalue weighted by molar-refractivity contribution is -0.224. The maximum Gasteiger partial charge on any atom is 0.305 e. The zero-order valence-corrected chi connectivity index (χ0v) is 25.5. The number of methoxy groups -OCH3 is 1. The smallest absolute Gasteiger partial charge is 0.305 e. The zero-order valence-electron chi connectivity index (χ0n) is 25.5. The Bertz CT molecular complexity index is 978. The van der Waals surface area contributed by atoms with Gasteiger partial charge in [-0.05, 0) is 92.8 Å². The van der Waals surface area contributed by atoms with E-state index >= 15 is 0 Å². The van der Waals surface area contributed by atoms with Crippen LogP contribution in [0, 0.1) is 46.3 Å². The van der Waals surface area contributed by atoms with Crippen LogP contribution in [0.1, 0.15) is 106 Å². The van der Waals surface area contributed by atoms with E-state index in [1.165, 1.54) is 27.9 Å². The molecule has 0 aliphatic heterocycles. The summed E-state index contributed by atoms with van der Waals surface area (Å²) in [6.45, 7) is 11.4. The Labute approximate surface area is 239 Å². The van der Waals surface area contributed by atoms with Gasteiger partial charge in [-0.25, -0.2) is 0 Å². The first-order chi connectivity index (χ1) is 18.8. The fraction of sp³-hybridized carbons (Fsp3) is 0.875. The summed E-state index contributed by atoms with van der Waals surface area (Å²) in [5, 5.41) is 0. The molecule has 0 heterocycles. The van der Waals surface area contributed by atoms with Crippen LogP contribution in [0.4, 0.5) is 0 Å². The maximum absolute atomic E-state index is 12.5. The molecule has 0 radical (unpaired) electrons. The van der Waals surface area contributed by atoms with Crippen molar-refractivity contribution in [3.05, 3.63) is 0 Å². The van der Waals surface area contributed by atoms with Crippen molar-refractivity contribution >= 4 is 23.9 Å². The summed E-state index contributed by atoms with van der Waals surface area (Å²) in [7, 11) is 1.42. The number of carbonyl (C=O) groups is 4. The fourth-order valence-corrected chi connectivity index (χ4v) is 9.99. The molecule has 11 atom stereocenters. The van der Waals surface area contributed by atoms with Gasteiger partial charge in [-0.1, -0.05) is 20.8 Å². The Morgan fingerprint density at radius 2 is 1.52 bits per heavy atom. The van der Waals surface area contributed by atoms with Crippen molar-refractivity contribution in [1.82, 2.24) is 0 Å². The average Bonchev–Trinajstić information content (AvgIpc) is 3.22. The molecule has 0 N–H and O–H groups in total. The third kappa shape index (κ3) is 5.78. The number of ether oxygens (including phenoxy) is 4. The van der Waals surface area contributed by atoms with Gasteiger partial charge >= 0.3 is 23.9 Å². The Morgan fingerprint density at radius 1 is 0.850 bits per heavy atom. The van der Waals surface area contributed by atoms with E-state index in [0.29, 0.717) is 18.3 Å². The predicted octanol–water partition coefficient (Wildman–Crippen LogP) is 5.64. The van der Waals surface area contributed by atoms with Gasteiger partial charge in [-0.15, -0.1) is 0 Å². The van der Waals surface area contributed by atoms with E-state index in [2.05, 4.69) is 20.8 Å². The Kier molecular flexibility index (Phi) is 9.26. The lowest BCUT2D eigenvalue weighted by Gasteiger charge is -2.64. The molecule has 0 aromatic carbocycles. The SMILES string of the molecule is COC(=O)CCC[C@@H](C)C1CCC2C3C(C[C@H](OC(C)=O)[C@@]21C)[C@@]1(C)CC[C@@H](OC(C)=O)CC1C[C@H]3OC(C)=O. The van der Waals surface area contributed by atoms with Gasteiger partial charge in [-0.2, -0.15) is 0 Å². The first kappa shape index (κ1) is 30.8. The number of fused-ring (bicyclic) bond motifs is 5. The van der Waals surface area contributed by atoms with Gasteiger partial charge in [0.15, 0.2) is 0 Å². The summed E-state index contributed by atoms with van der Waals surface area (Å²) in [5.41, 5.74) is -0.254. The highest BCUT2D eigenvalue weighted by Gasteiger charge is 2.67. The van der Waals surface area contributed by atoms with Crippen molar-refractivity contribution in [3.63, 3.8) is 0 Å². The molecule has 4 rings (SSSR count). The van der Waals surface area contributed by atoms with E-state index in [-0.39, 0.29) is 76.7 Å². The van der Waals surface area contributed by atoms with Gasteiger partial charge in [-0.3, -0.25) is 19.2 Å². The molecule has 4 aliphatic carbocycles. The molecule has 0 bridgehead atoms. The molecule has 4 aliphatic rings. The number of carbonyl (C=O) groups excluding carboxylic acids is 4. The van der Waals surface area contributed by atoms with E-state index in [4.69, 9.17) is 18.9 Å². The molecule has 0 spiro atoms. The minimum Gasteiger partial charge on any atom is -0.469 e. The molecular formula is C32H50O8. The summed E-state index contributed by atoms with van der Waals surface area (Å²) in [4.78, 5) is 48.3. The highest BCUT2D eigenvalue weighted by molar-refractivity contribution is 5.69. The quantitative estimate of drug-likeness (QED) is 0.276. The van der Waals surface area contributed by atoms with Crippen LogP contribution < -0.4 is 0 Å². The van der Waals surface area contributed by atoms with Crippen LogP contribution in [0.3, 0.4) is 0 Å². The van der Waals surface area contributed by atoms with E-state index in [9.17, 15) is 19.2 Å². The van der Waals surface area contributed by atoms with Crippen LogP contribution in [0.2, 0.25) is 0 Å². The van der Waals surface area contributed by atoms with Crippen molar-refractivity contribution in [3.8, 4) is 0 Å². The number of hydrogen-bond acceptors (Lipinski definition) is 8. The first-order valence-electron chi connectivity index (χ1n) is 15.4. The minimum absolute atomic E-state index is 0.0120. The molecule has 0 amide bonds. The second-order valence-electron chi connectivity index (χ2n) is 13.7. The van der Waals surface area contributed by atoms with Gasteiger partial charge in [0, 0.05) is 38.5 Å². The Morgan fingerprint density at radius 3 is 2.15 bits per heavy atom. The lowest BCUT2D eigenvalue weighted by Crippen LogP contribution is -2.63. The normalized spacial score (nSPS) is 41.0. The molecule has 4 fully saturated rings. The lowest BCUT2D eigenvalue weighted by atomic mass is 9.43. The van der Waals surface area contributed by atoms with E-state index in [1.807, 2.05) is 0 Å². The fourth-order valence-electron chi connectivity index (χ4n) is 9.99. The topological polar surface area (TPSA) is 105 Å². The van der Waals surface area contributed by atoms with Gasteiger partial charge in [0.25, 0.3) is 0 Å². The average molecular weight is 563 g/mol. The van der Waals surface area contributed by atoms with Gasteiger partial charge in [0.1, 0.15) is 18.3 Å². The van der Waals surface area contributed by atoms with E-state index in [0.717, 1.165) is 57.8 Å². The number of esters is 4. The maximum atomic E-state index is 12.5. The van der Waals surface area contributed by atoms with Crippen LogP contribution in [0.5, 0.6) is 0 Å². The third-order valence-electron chi connectivity index (χ3n) is 11.7. The van der Waals surface area contributed by atoms with Crippen molar-refractivity contribution in [2.75, 3.05) is 7.11 Å². The molecule has 8 nitrogen and oxygen atoms in total. The number of rotatable bonds is 8. The van der Waals surface area contributed by atoms with Crippen LogP contribution in [0.15, 0.2) is 0 Å². The molecule has 8 heteroatoms. The first-order valence-corrected chi connectivity index (χ1v) is 15.4. The highest BCUT2D eigenvalue weighted by atomic mass is 16.6. The van der Waals surface area contributed by atoms with Crippen molar-refractivity contribution in [1.29, 1.82) is 0 Å². The summed E-state index contributed by atoms with van der Waals surface area (Å²) >= 11 is 0. The van der Waals surface area contributed by atoms with Crippen molar-refractivity contribution < 1.29 is 38.1 Å². The minimum atomic E-state index is -0.255. The molecular weight excluding hydrogens is 512 g/mol. The Balaban J connectivity index is 1.66.